The van der Waals surface area contributed by atoms with Gasteiger partial charge in [0.05, 0.1) is 6.61 Å². The SMILES string of the molecule is CCCCCCCCCCCCOC(=O)CN(C)C(=O)c1ccc(Br)cc1. The summed E-state index contributed by atoms with van der Waals surface area (Å²) in [6.45, 7) is 2.66. The lowest BCUT2D eigenvalue weighted by Gasteiger charge is -2.16. The van der Waals surface area contributed by atoms with E-state index in [4.69, 9.17) is 4.74 Å². The molecule has 27 heavy (non-hydrogen) atoms. The van der Waals surface area contributed by atoms with Crippen molar-refractivity contribution in [2.45, 2.75) is 71.1 Å². The maximum absolute atomic E-state index is 12.3. The van der Waals surface area contributed by atoms with Gasteiger partial charge in [-0.05, 0) is 30.7 Å². The van der Waals surface area contributed by atoms with Crippen molar-refractivity contribution in [2.75, 3.05) is 20.2 Å². The summed E-state index contributed by atoms with van der Waals surface area (Å²) >= 11 is 3.34. The number of carbonyl (C=O) groups is 2. The molecule has 1 aromatic carbocycles. The van der Waals surface area contributed by atoms with E-state index < -0.39 is 0 Å². The Bertz CT molecular complexity index is 545. The number of ether oxygens (including phenoxy) is 1. The van der Waals surface area contributed by atoms with Crippen molar-refractivity contribution < 1.29 is 14.3 Å². The van der Waals surface area contributed by atoms with Crippen LogP contribution in [0, 0.1) is 0 Å². The molecule has 0 radical (unpaired) electrons. The highest BCUT2D eigenvalue weighted by Crippen LogP contribution is 2.12. The number of esters is 1. The first kappa shape index (κ1) is 23.7. The fraction of sp³-hybridized carbons (Fsp3) is 0.636. The molecule has 0 spiro atoms. The summed E-state index contributed by atoms with van der Waals surface area (Å²) in [7, 11) is 1.62. The minimum Gasteiger partial charge on any atom is -0.464 e. The number of benzene rings is 1. The van der Waals surface area contributed by atoms with Crippen molar-refractivity contribution in [1.82, 2.24) is 4.90 Å². The third-order valence-corrected chi connectivity index (χ3v) is 5.09. The van der Waals surface area contributed by atoms with Crippen molar-refractivity contribution in [3.63, 3.8) is 0 Å². The molecule has 0 unspecified atom stereocenters. The van der Waals surface area contributed by atoms with Gasteiger partial charge in [0.2, 0.25) is 0 Å². The zero-order chi connectivity index (χ0) is 19.9. The number of hydrogen-bond acceptors (Lipinski definition) is 3. The normalized spacial score (nSPS) is 10.6. The lowest BCUT2D eigenvalue weighted by molar-refractivity contribution is -0.144. The van der Waals surface area contributed by atoms with Crippen LogP contribution in [0.15, 0.2) is 28.7 Å². The lowest BCUT2D eigenvalue weighted by Crippen LogP contribution is -2.33. The largest absolute Gasteiger partial charge is 0.464 e. The predicted molar refractivity (Wildman–Crippen MR) is 114 cm³/mol. The fourth-order valence-corrected chi connectivity index (χ4v) is 3.16. The fourth-order valence-electron chi connectivity index (χ4n) is 2.90. The molecular formula is C22H34BrNO3. The molecular weight excluding hydrogens is 406 g/mol. The Balaban J connectivity index is 2.05. The molecule has 0 bridgehead atoms. The molecule has 0 fully saturated rings. The van der Waals surface area contributed by atoms with Gasteiger partial charge < -0.3 is 9.64 Å². The van der Waals surface area contributed by atoms with E-state index in [0.717, 1.165) is 17.3 Å². The van der Waals surface area contributed by atoms with Gasteiger partial charge in [-0.15, -0.1) is 0 Å². The zero-order valence-corrected chi connectivity index (χ0v) is 18.4. The van der Waals surface area contributed by atoms with Crippen LogP contribution in [0.5, 0.6) is 0 Å². The molecule has 152 valence electrons. The van der Waals surface area contributed by atoms with E-state index >= 15 is 0 Å². The van der Waals surface area contributed by atoms with Crippen LogP contribution in [-0.2, 0) is 9.53 Å². The predicted octanol–water partition coefficient (Wildman–Crippen LogP) is 5.99. The summed E-state index contributed by atoms with van der Waals surface area (Å²) < 4.78 is 6.16. The second-order valence-electron chi connectivity index (χ2n) is 7.07. The number of unbranched alkanes of at least 4 members (excludes halogenated alkanes) is 9. The molecule has 1 rings (SSSR count). The summed E-state index contributed by atoms with van der Waals surface area (Å²) in [5.41, 5.74) is 0.559. The Hall–Kier alpha value is -1.36. The maximum atomic E-state index is 12.3. The van der Waals surface area contributed by atoms with Gasteiger partial charge in [-0.2, -0.15) is 0 Å². The summed E-state index contributed by atoms with van der Waals surface area (Å²) in [6, 6.07) is 7.09. The van der Waals surface area contributed by atoms with Crippen molar-refractivity contribution >= 4 is 27.8 Å². The van der Waals surface area contributed by atoms with E-state index in [9.17, 15) is 9.59 Å². The summed E-state index contributed by atoms with van der Waals surface area (Å²) in [5.74, 6) is -0.530. The van der Waals surface area contributed by atoms with Crippen LogP contribution in [-0.4, -0.2) is 37.0 Å². The molecule has 0 aromatic heterocycles. The van der Waals surface area contributed by atoms with E-state index in [1.165, 1.54) is 56.3 Å². The zero-order valence-electron chi connectivity index (χ0n) is 16.8. The highest BCUT2D eigenvalue weighted by Gasteiger charge is 2.15. The Morgan fingerprint density at radius 3 is 1.96 bits per heavy atom. The highest BCUT2D eigenvalue weighted by molar-refractivity contribution is 9.10. The molecule has 0 saturated carbocycles. The Labute approximate surface area is 172 Å². The van der Waals surface area contributed by atoms with Gasteiger partial charge >= 0.3 is 5.97 Å². The number of nitrogens with zero attached hydrogens (tertiary/aromatic N) is 1. The van der Waals surface area contributed by atoms with E-state index in [2.05, 4.69) is 22.9 Å². The molecule has 0 atom stereocenters. The van der Waals surface area contributed by atoms with Crippen molar-refractivity contribution in [2.24, 2.45) is 0 Å². The topological polar surface area (TPSA) is 46.6 Å². The highest BCUT2D eigenvalue weighted by atomic mass is 79.9. The molecule has 0 aliphatic rings. The minimum absolute atomic E-state index is 0.0212. The quantitative estimate of drug-likeness (QED) is 0.264. The lowest BCUT2D eigenvalue weighted by atomic mass is 10.1. The molecule has 1 aromatic rings. The first-order valence-corrected chi connectivity index (χ1v) is 11.0. The molecule has 0 saturated heterocycles. The number of likely N-dealkylation sites (N-methyl/N-ethyl adjacent to an activating group) is 1. The molecule has 0 N–H and O–H groups in total. The molecule has 5 heteroatoms. The van der Waals surface area contributed by atoms with Gasteiger partial charge in [0.1, 0.15) is 6.54 Å². The Kier molecular flexibility index (Phi) is 12.9. The average molecular weight is 440 g/mol. The molecule has 0 aliphatic carbocycles. The van der Waals surface area contributed by atoms with Gasteiger partial charge in [-0.1, -0.05) is 80.6 Å². The van der Waals surface area contributed by atoms with E-state index in [-0.39, 0.29) is 18.4 Å². The van der Waals surface area contributed by atoms with E-state index in [1.54, 1.807) is 19.2 Å². The number of rotatable bonds is 14. The third-order valence-electron chi connectivity index (χ3n) is 4.57. The van der Waals surface area contributed by atoms with Gasteiger partial charge in [-0.25, -0.2) is 0 Å². The smallest absolute Gasteiger partial charge is 0.325 e. The summed E-state index contributed by atoms with van der Waals surface area (Å²) in [6.07, 6.45) is 12.5. The molecule has 0 heterocycles. The van der Waals surface area contributed by atoms with Crippen molar-refractivity contribution in [3.05, 3.63) is 34.3 Å². The third kappa shape index (κ3) is 11.2. The Morgan fingerprint density at radius 2 is 1.41 bits per heavy atom. The van der Waals surface area contributed by atoms with Crippen molar-refractivity contribution in [1.29, 1.82) is 0 Å². The summed E-state index contributed by atoms with van der Waals surface area (Å²) in [5, 5.41) is 0. The number of amides is 1. The van der Waals surface area contributed by atoms with Crippen LogP contribution in [0.1, 0.15) is 81.5 Å². The van der Waals surface area contributed by atoms with Crippen LogP contribution in [0.25, 0.3) is 0 Å². The van der Waals surface area contributed by atoms with Crippen LogP contribution in [0.4, 0.5) is 0 Å². The number of halogens is 1. The van der Waals surface area contributed by atoms with Crippen LogP contribution in [0.3, 0.4) is 0 Å². The van der Waals surface area contributed by atoms with Crippen LogP contribution in [0.2, 0.25) is 0 Å². The van der Waals surface area contributed by atoms with Crippen LogP contribution < -0.4 is 0 Å². The van der Waals surface area contributed by atoms with Gasteiger partial charge in [-0.3, -0.25) is 9.59 Å². The van der Waals surface area contributed by atoms with E-state index in [0.29, 0.717) is 12.2 Å². The maximum Gasteiger partial charge on any atom is 0.325 e. The average Bonchev–Trinajstić information content (AvgIpc) is 2.66. The van der Waals surface area contributed by atoms with Gasteiger partial charge in [0, 0.05) is 17.1 Å². The number of carbonyl (C=O) groups excluding carboxylic acids is 2. The summed E-state index contributed by atoms with van der Waals surface area (Å²) in [4.78, 5) is 25.5. The minimum atomic E-state index is -0.348. The van der Waals surface area contributed by atoms with E-state index in [1.807, 2.05) is 12.1 Å². The van der Waals surface area contributed by atoms with Gasteiger partial charge in [0.25, 0.3) is 5.91 Å². The molecule has 0 aliphatic heterocycles. The molecule has 4 nitrogen and oxygen atoms in total. The first-order valence-electron chi connectivity index (χ1n) is 10.2. The van der Waals surface area contributed by atoms with Crippen LogP contribution >= 0.6 is 15.9 Å². The van der Waals surface area contributed by atoms with Crippen molar-refractivity contribution in [3.8, 4) is 0 Å². The second kappa shape index (κ2) is 14.7. The Morgan fingerprint density at radius 1 is 0.889 bits per heavy atom. The standard InChI is InChI=1S/C22H34BrNO3/c1-3-4-5-6-7-8-9-10-11-12-17-27-21(25)18-24(2)22(26)19-13-15-20(23)16-14-19/h13-16H,3-12,17-18H2,1-2H3. The number of hydrogen-bond donors (Lipinski definition) is 0. The second-order valence-corrected chi connectivity index (χ2v) is 7.99. The monoisotopic (exact) mass is 439 g/mol. The molecule has 1 amide bonds. The van der Waals surface area contributed by atoms with Gasteiger partial charge in [0.15, 0.2) is 0 Å². The first-order chi connectivity index (χ1) is 13.0.